The minimum Gasteiger partial charge on any atom is -0.493 e. The smallest absolute Gasteiger partial charge is 0.203 e. The first-order chi connectivity index (χ1) is 12.3. The highest BCUT2D eigenvalue weighted by Crippen LogP contribution is 2.40. The van der Waals surface area contributed by atoms with Crippen LogP contribution in [0.25, 0.3) is 5.57 Å². The predicted molar refractivity (Wildman–Crippen MR) is 100 cm³/mol. The van der Waals surface area contributed by atoms with Crippen molar-refractivity contribution >= 4 is 5.57 Å². The lowest BCUT2D eigenvalue weighted by Crippen LogP contribution is -2.28. The van der Waals surface area contributed by atoms with Crippen LogP contribution >= 0.6 is 0 Å². The molecule has 1 aliphatic rings. The molecule has 0 atom stereocenters. The second kappa shape index (κ2) is 8.08. The summed E-state index contributed by atoms with van der Waals surface area (Å²) < 4.78 is 16.4. The maximum Gasteiger partial charge on any atom is 0.203 e. The van der Waals surface area contributed by atoms with Crippen LogP contribution < -0.4 is 14.2 Å². The molecule has 2 aromatic rings. The van der Waals surface area contributed by atoms with Gasteiger partial charge < -0.3 is 14.2 Å². The van der Waals surface area contributed by atoms with Crippen molar-refractivity contribution in [1.82, 2.24) is 4.90 Å². The van der Waals surface area contributed by atoms with Gasteiger partial charge in [0.05, 0.1) is 21.3 Å². The topological polar surface area (TPSA) is 30.9 Å². The summed E-state index contributed by atoms with van der Waals surface area (Å²) in [5.74, 6) is 2.09. The first kappa shape index (κ1) is 17.4. The Morgan fingerprint density at radius 1 is 0.880 bits per heavy atom. The van der Waals surface area contributed by atoms with Crippen molar-refractivity contribution in [2.75, 3.05) is 34.4 Å². The first-order valence-electron chi connectivity index (χ1n) is 8.51. The van der Waals surface area contributed by atoms with Gasteiger partial charge in [-0.1, -0.05) is 42.5 Å². The van der Waals surface area contributed by atoms with Gasteiger partial charge in [-0.25, -0.2) is 0 Å². The van der Waals surface area contributed by atoms with Crippen molar-refractivity contribution in [3.63, 3.8) is 0 Å². The van der Waals surface area contributed by atoms with Gasteiger partial charge in [-0.15, -0.1) is 0 Å². The summed E-state index contributed by atoms with van der Waals surface area (Å²) in [5.41, 5.74) is 3.86. The van der Waals surface area contributed by atoms with Gasteiger partial charge in [-0.2, -0.15) is 0 Å². The van der Waals surface area contributed by atoms with Gasteiger partial charge in [0.2, 0.25) is 5.75 Å². The molecule has 4 heteroatoms. The molecule has 0 N–H and O–H groups in total. The molecule has 0 aliphatic carbocycles. The van der Waals surface area contributed by atoms with E-state index in [9.17, 15) is 0 Å². The lowest BCUT2D eigenvalue weighted by molar-refractivity contribution is 0.280. The molecule has 0 unspecified atom stereocenters. The average Bonchev–Trinajstić information content (AvgIpc) is 2.68. The van der Waals surface area contributed by atoms with Gasteiger partial charge in [-0.3, -0.25) is 4.90 Å². The molecule has 0 saturated heterocycles. The number of hydrogen-bond donors (Lipinski definition) is 0. The Morgan fingerprint density at radius 2 is 1.64 bits per heavy atom. The molecule has 25 heavy (non-hydrogen) atoms. The molecule has 3 rings (SSSR count). The van der Waals surface area contributed by atoms with Crippen LogP contribution in [0, 0.1) is 0 Å². The number of hydrogen-bond acceptors (Lipinski definition) is 4. The van der Waals surface area contributed by atoms with Crippen molar-refractivity contribution in [3.8, 4) is 17.2 Å². The monoisotopic (exact) mass is 339 g/mol. The third-order valence-electron chi connectivity index (χ3n) is 4.62. The zero-order valence-corrected chi connectivity index (χ0v) is 15.1. The Bertz CT molecular complexity index is 740. The van der Waals surface area contributed by atoms with Crippen molar-refractivity contribution in [3.05, 3.63) is 59.7 Å². The Hall–Kier alpha value is -2.46. The molecule has 0 bridgehead atoms. The summed E-state index contributed by atoms with van der Waals surface area (Å²) in [4.78, 5) is 2.41. The van der Waals surface area contributed by atoms with Gasteiger partial charge in [0.1, 0.15) is 0 Å². The van der Waals surface area contributed by atoms with E-state index < -0.39 is 0 Å². The van der Waals surface area contributed by atoms with Crippen LogP contribution in [0.3, 0.4) is 0 Å². The largest absolute Gasteiger partial charge is 0.493 e. The highest BCUT2D eigenvalue weighted by atomic mass is 16.5. The zero-order valence-electron chi connectivity index (χ0n) is 15.1. The third kappa shape index (κ3) is 3.80. The van der Waals surface area contributed by atoms with Crippen LogP contribution in [0.5, 0.6) is 17.2 Å². The van der Waals surface area contributed by atoms with Crippen molar-refractivity contribution in [1.29, 1.82) is 0 Å². The van der Waals surface area contributed by atoms with E-state index in [1.165, 1.54) is 11.1 Å². The molecule has 0 fully saturated rings. The van der Waals surface area contributed by atoms with Crippen LogP contribution in [0.1, 0.15) is 17.5 Å². The molecule has 0 spiro atoms. The van der Waals surface area contributed by atoms with E-state index in [-0.39, 0.29) is 0 Å². The van der Waals surface area contributed by atoms with E-state index in [2.05, 4.69) is 47.4 Å². The Balaban J connectivity index is 1.75. The minimum absolute atomic E-state index is 0.653. The van der Waals surface area contributed by atoms with Gasteiger partial charge in [-0.05, 0) is 23.6 Å². The standard InChI is InChI=1S/C21H25NO3/c1-23-19-10-9-18(20(24-2)21(19)25-3)15-22-13-11-17(12-14-22)16-7-5-4-6-8-16/h4-11H,12-15H2,1-3H3. The molecule has 0 amide bonds. The zero-order chi connectivity index (χ0) is 17.6. The lowest BCUT2D eigenvalue weighted by Gasteiger charge is -2.27. The molecular formula is C21H25NO3. The number of rotatable bonds is 6. The Kier molecular flexibility index (Phi) is 5.61. The van der Waals surface area contributed by atoms with Gasteiger partial charge in [0, 0.05) is 25.2 Å². The number of nitrogens with zero attached hydrogens (tertiary/aromatic N) is 1. The minimum atomic E-state index is 0.653. The first-order valence-corrected chi connectivity index (χ1v) is 8.51. The van der Waals surface area contributed by atoms with Crippen LogP contribution in [-0.4, -0.2) is 39.3 Å². The second-order valence-corrected chi connectivity index (χ2v) is 6.07. The fourth-order valence-corrected chi connectivity index (χ4v) is 3.30. The highest BCUT2D eigenvalue weighted by molar-refractivity contribution is 5.66. The highest BCUT2D eigenvalue weighted by Gasteiger charge is 2.19. The molecule has 1 heterocycles. The fraction of sp³-hybridized carbons (Fsp3) is 0.333. The van der Waals surface area contributed by atoms with E-state index in [4.69, 9.17) is 14.2 Å². The molecule has 132 valence electrons. The lowest BCUT2D eigenvalue weighted by atomic mass is 9.99. The van der Waals surface area contributed by atoms with Crippen LogP contribution in [0.15, 0.2) is 48.5 Å². The molecule has 4 nitrogen and oxygen atoms in total. The van der Waals surface area contributed by atoms with E-state index in [0.29, 0.717) is 11.5 Å². The van der Waals surface area contributed by atoms with Crippen molar-refractivity contribution < 1.29 is 14.2 Å². The fourth-order valence-electron chi connectivity index (χ4n) is 3.30. The quantitative estimate of drug-likeness (QED) is 0.796. The normalized spacial score (nSPS) is 14.8. The number of ether oxygens (including phenoxy) is 3. The summed E-state index contributed by atoms with van der Waals surface area (Å²) in [7, 11) is 4.95. The number of methoxy groups -OCH3 is 3. The van der Waals surface area contributed by atoms with E-state index in [1.54, 1.807) is 21.3 Å². The average molecular weight is 339 g/mol. The predicted octanol–water partition coefficient (Wildman–Crippen LogP) is 4.00. The summed E-state index contributed by atoms with van der Waals surface area (Å²) >= 11 is 0. The van der Waals surface area contributed by atoms with Crippen molar-refractivity contribution in [2.24, 2.45) is 0 Å². The second-order valence-electron chi connectivity index (χ2n) is 6.07. The van der Waals surface area contributed by atoms with Gasteiger partial charge in [0.15, 0.2) is 11.5 Å². The maximum absolute atomic E-state index is 5.59. The Morgan fingerprint density at radius 3 is 2.24 bits per heavy atom. The van der Waals surface area contributed by atoms with Crippen molar-refractivity contribution in [2.45, 2.75) is 13.0 Å². The van der Waals surface area contributed by atoms with Crippen LogP contribution in [0.4, 0.5) is 0 Å². The van der Waals surface area contributed by atoms with E-state index >= 15 is 0 Å². The Labute approximate surface area is 149 Å². The summed E-state index contributed by atoms with van der Waals surface area (Å²) in [5, 5.41) is 0. The molecule has 1 aliphatic heterocycles. The summed E-state index contributed by atoms with van der Waals surface area (Å²) in [6, 6.07) is 14.6. The molecular weight excluding hydrogens is 314 g/mol. The van der Waals surface area contributed by atoms with Crippen LogP contribution in [-0.2, 0) is 6.54 Å². The number of benzene rings is 2. The summed E-state index contributed by atoms with van der Waals surface area (Å²) in [6.45, 7) is 2.78. The van der Waals surface area contributed by atoms with E-state index in [1.807, 2.05) is 6.07 Å². The van der Waals surface area contributed by atoms with Crippen LogP contribution in [0.2, 0.25) is 0 Å². The summed E-state index contributed by atoms with van der Waals surface area (Å²) in [6.07, 6.45) is 3.38. The SMILES string of the molecule is COc1ccc(CN2CC=C(c3ccccc3)CC2)c(OC)c1OC. The molecule has 2 aromatic carbocycles. The maximum atomic E-state index is 5.59. The van der Waals surface area contributed by atoms with Gasteiger partial charge in [0.25, 0.3) is 0 Å². The van der Waals surface area contributed by atoms with Gasteiger partial charge >= 0.3 is 0 Å². The molecule has 0 aromatic heterocycles. The van der Waals surface area contributed by atoms with E-state index in [0.717, 1.165) is 37.4 Å². The molecule has 0 saturated carbocycles. The third-order valence-corrected chi connectivity index (χ3v) is 4.62. The molecule has 0 radical (unpaired) electrons.